The summed E-state index contributed by atoms with van der Waals surface area (Å²) in [7, 11) is 0. The third-order valence-corrected chi connectivity index (χ3v) is 4.37. The normalized spacial score (nSPS) is 14.0. The van der Waals surface area contributed by atoms with Gasteiger partial charge in [-0.1, -0.05) is 28.1 Å². The number of aliphatic hydroxyl groups excluding tert-OH is 1. The van der Waals surface area contributed by atoms with Gasteiger partial charge in [0.15, 0.2) is 6.10 Å². The Kier molecular flexibility index (Phi) is 5.37. The summed E-state index contributed by atoms with van der Waals surface area (Å²) in [6.07, 6.45) is 0.284. The molecule has 0 aromatic heterocycles. The molecule has 0 spiro atoms. The number of hydrogen-bond donors (Lipinski definition) is 2. The van der Waals surface area contributed by atoms with E-state index in [-0.39, 0.29) is 5.78 Å². The van der Waals surface area contributed by atoms with Gasteiger partial charge in [0, 0.05) is 4.90 Å². The molecule has 2 unspecified atom stereocenters. The van der Waals surface area contributed by atoms with Gasteiger partial charge >= 0.3 is 5.97 Å². The number of ketones is 1. The first-order chi connectivity index (χ1) is 8.38. The first-order valence-electron chi connectivity index (χ1n) is 5.11. The standard InChI is InChI=1S/C12H13BrO4S/c1-6(14)10(13)8-4-3-7(5-9(8)18-2)11(15)12(16)17/h3-5,10-11,15H,1-2H3,(H,16,17). The predicted molar refractivity (Wildman–Crippen MR) is 73.2 cm³/mol. The largest absolute Gasteiger partial charge is 0.479 e. The van der Waals surface area contributed by atoms with Crippen molar-refractivity contribution in [2.45, 2.75) is 22.8 Å². The minimum atomic E-state index is -1.55. The van der Waals surface area contributed by atoms with E-state index in [9.17, 15) is 14.7 Å². The maximum absolute atomic E-state index is 11.3. The number of carboxylic acid groups (broad SMARTS) is 1. The van der Waals surface area contributed by atoms with Crippen LogP contribution in [0.25, 0.3) is 0 Å². The second-order valence-corrected chi connectivity index (χ2v) is 5.48. The fraction of sp³-hybridized carbons (Fsp3) is 0.333. The summed E-state index contributed by atoms with van der Waals surface area (Å²) >= 11 is 4.69. The summed E-state index contributed by atoms with van der Waals surface area (Å²) in [5.41, 5.74) is 1.08. The average Bonchev–Trinajstić information content (AvgIpc) is 2.35. The van der Waals surface area contributed by atoms with Crippen molar-refractivity contribution in [3.8, 4) is 0 Å². The molecule has 0 aliphatic rings. The molecule has 98 valence electrons. The van der Waals surface area contributed by atoms with E-state index in [1.54, 1.807) is 12.1 Å². The highest BCUT2D eigenvalue weighted by Gasteiger charge is 2.20. The Bertz CT molecular complexity index is 475. The molecule has 0 radical (unpaired) electrons. The van der Waals surface area contributed by atoms with E-state index in [2.05, 4.69) is 15.9 Å². The van der Waals surface area contributed by atoms with Gasteiger partial charge in [-0.25, -0.2) is 4.79 Å². The number of rotatable bonds is 5. The van der Waals surface area contributed by atoms with Crippen LogP contribution < -0.4 is 0 Å². The number of alkyl halides is 1. The fourth-order valence-electron chi connectivity index (χ4n) is 1.47. The summed E-state index contributed by atoms with van der Waals surface area (Å²) in [5.74, 6) is -1.33. The number of benzene rings is 1. The molecular weight excluding hydrogens is 320 g/mol. The third kappa shape index (κ3) is 3.34. The van der Waals surface area contributed by atoms with Crippen molar-refractivity contribution < 1.29 is 19.8 Å². The Morgan fingerprint density at radius 1 is 1.39 bits per heavy atom. The Hall–Kier alpha value is -0.850. The van der Waals surface area contributed by atoms with Crippen molar-refractivity contribution in [2.75, 3.05) is 6.26 Å². The van der Waals surface area contributed by atoms with Gasteiger partial charge in [-0.05, 0) is 30.4 Å². The van der Waals surface area contributed by atoms with Gasteiger partial charge in [0.05, 0.1) is 4.83 Å². The van der Waals surface area contributed by atoms with Gasteiger partial charge in [0.2, 0.25) is 0 Å². The molecule has 0 amide bonds. The first-order valence-corrected chi connectivity index (χ1v) is 7.25. The van der Waals surface area contributed by atoms with Crippen LogP contribution in [0.3, 0.4) is 0 Å². The molecule has 0 bridgehead atoms. The smallest absolute Gasteiger partial charge is 0.337 e. The van der Waals surface area contributed by atoms with Gasteiger partial charge in [-0.3, -0.25) is 4.79 Å². The summed E-state index contributed by atoms with van der Waals surface area (Å²) in [6.45, 7) is 1.48. The Balaban J connectivity index is 3.19. The molecule has 1 aromatic rings. The van der Waals surface area contributed by atoms with Gasteiger partial charge in [-0.2, -0.15) is 0 Å². The summed E-state index contributed by atoms with van der Waals surface area (Å²) in [4.78, 5) is 22.4. The maximum atomic E-state index is 11.3. The van der Waals surface area contributed by atoms with Crippen molar-refractivity contribution in [3.05, 3.63) is 29.3 Å². The maximum Gasteiger partial charge on any atom is 0.337 e. The van der Waals surface area contributed by atoms with E-state index in [1.165, 1.54) is 24.8 Å². The number of aliphatic carboxylic acids is 1. The minimum absolute atomic E-state index is 0.0307. The molecule has 0 aliphatic heterocycles. The van der Waals surface area contributed by atoms with Gasteiger partial charge in [0.25, 0.3) is 0 Å². The molecule has 18 heavy (non-hydrogen) atoms. The molecule has 0 saturated heterocycles. The highest BCUT2D eigenvalue weighted by atomic mass is 79.9. The van der Waals surface area contributed by atoms with Crippen molar-refractivity contribution in [3.63, 3.8) is 0 Å². The second kappa shape index (κ2) is 6.36. The Morgan fingerprint density at radius 3 is 2.44 bits per heavy atom. The second-order valence-electron chi connectivity index (χ2n) is 3.72. The number of carboxylic acids is 1. The molecule has 0 saturated carbocycles. The van der Waals surface area contributed by atoms with Gasteiger partial charge in [-0.15, -0.1) is 11.8 Å². The van der Waals surface area contributed by atoms with E-state index in [1.807, 2.05) is 6.26 Å². The molecule has 4 nitrogen and oxygen atoms in total. The first kappa shape index (κ1) is 15.2. The zero-order valence-electron chi connectivity index (χ0n) is 9.88. The van der Waals surface area contributed by atoms with E-state index in [0.29, 0.717) is 5.56 Å². The van der Waals surface area contributed by atoms with Crippen LogP contribution in [0.15, 0.2) is 23.1 Å². The zero-order valence-corrected chi connectivity index (χ0v) is 12.3. The number of halogens is 1. The van der Waals surface area contributed by atoms with E-state index < -0.39 is 16.9 Å². The SMILES string of the molecule is CSc1cc(C(O)C(=O)O)ccc1C(Br)C(C)=O. The van der Waals surface area contributed by atoms with Crippen LogP contribution in [-0.2, 0) is 9.59 Å². The van der Waals surface area contributed by atoms with E-state index in [4.69, 9.17) is 5.11 Å². The summed E-state index contributed by atoms with van der Waals surface area (Å²) in [6, 6.07) is 4.77. The molecule has 1 aromatic carbocycles. The lowest BCUT2D eigenvalue weighted by Gasteiger charge is -2.14. The third-order valence-electron chi connectivity index (χ3n) is 2.44. The zero-order chi connectivity index (χ0) is 13.9. The number of hydrogen-bond acceptors (Lipinski definition) is 4. The summed E-state index contributed by atoms with van der Waals surface area (Å²) in [5, 5.41) is 18.2. The molecule has 6 heteroatoms. The Morgan fingerprint density at radius 2 is 2.00 bits per heavy atom. The molecule has 1 rings (SSSR count). The molecule has 0 heterocycles. The topological polar surface area (TPSA) is 74.6 Å². The minimum Gasteiger partial charge on any atom is -0.479 e. The van der Waals surface area contributed by atoms with Crippen molar-refractivity contribution in [2.24, 2.45) is 0 Å². The monoisotopic (exact) mass is 332 g/mol. The lowest BCUT2D eigenvalue weighted by molar-refractivity contribution is -0.147. The van der Waals surface area contributed by atoms with Crippen LogP contribution in [0.4, 0.5) is 0 Å². The number of carbonyl (C=O) groups excluding carboxylic acids is 1. The number of carbonyl (C=O) groups is 2. The molecule has 0 aliphatic carbocycles. The number of Topliss-reactive ketones (excluding diaryl/α,β-unsaturated/α-hetero) is 1. The predicted octanol–water partition coefficient (Wildman–Crippen LogP) is 2.55. The number of thioether (sulfide) groups is 1. The number of aliphatic hydroxyl groups is 1. The van der Waals surface area contributed by atoms with Crippen molar-refractivity contribution >= 4 is 39.4 Å². The quantitative estimate of drug-likeness (QED) is 0.640. The van der Waals surface area contributed by atoms with Crippen LogP contribution in [0.5, 0.6) is 0 Å². The van der Waals surface area contributed by atoms with Crippen LogP contribution in [-0.4, -0.2) is 28.2 Å². The summed E-state index contributed by atoms with van der Waals surface area (Å²) < 4.78 is 0. The Labute approximate surface area is 118 Å². The van der Waals surface area contributed by atoms with Crippen LogP contribution >= 0.6 is 27.7 Å². The lowest BCUT2D eigenvalue weighted by Crippen LogP contribution is -2.11. The van der Waals surface area contributed by atoms with E-state index in [0.717, 1.165) is 10.5 Å². The van der Waals surface area contributed by atoms with Gasteiger partial charge < -0.3 is 10.2 Å². The molecular formula is C12H13BrO4S. The lowest BCUT2D eigenvalue weighted by atomic mass is 10.0. The average molecular weight is 333 g/mol. The van der Waals surface area contributed by atoms with E-state index >= 15 is 0 Å². The fourth-order valence-corrected chi connectivity index (χ4v) is 2.70. The highest BCUT2D eigenvalue weighted by Crippen LogP contribution is 2.33. The van der Waals surface area contributed by atoms with Crippen LogP contribution in [0.2, 0.25) is 0 Å². The van der Waals surface area contributed by atoms with Crippen molar-refractivity contribution in [1.82, 2.24) is 0 Å². The van der Waals surface area contributed by atoms with Crippen molar-refractivity contribution in [1.29, 1.82) is 0 Å². The molecule has 2 N–H and O–H groups in total. The molecule has 0 fully saturated rings. The van der Waals surface area contributed by atoms with Crippen LogP contribution in [0.1, 0.15) is 29.0 Å². The van der Waals surface area contributed by atoms with Gasteiger partial charge in [0.1, 0.15) is 5.78 Å². The highest BCUT2D eigenvalue weighted by molar-refractivity contribution is 9.09. The molecule has 2 atom stereocenters. The van der Waals surface area contributed by atoms with Crippen LogP contribution in [0, 0.1) is 0 Å².